The van der Waals surface area contributed by atoms with E-state index >= 15 is 0 Å². The molecule has 0 bridgehead atoms. The van der Waals surface area contributed by atoms with Crippen LogP contribution in [0.1, 0.15) is 33.6 Å². The van der Waals surface area contributed by atoms with Gasteiger partial charge in [0.1, 0.15) is 6.29 Å². The van der Waals surface area contributed by atoms with E-state index in [1.807, 2.05) is 0 Å². The van der Waals surface area contributed by atoms with Crippen LogP contribution in [-0.4, -0.2) is 18.2 Å². The number of amides is 1. The van der Waals surface area contributed by atoms with Gasteiger partial charge in [0.15, 0.2) is 0 Å². The summed E-state index contributed by atoms with van der Waals surface area (Å²) >= 11 is 0. The molecule has 0 spiro atoms. The summed E-state index contributed by atoms with van der Waals surface area (Å²) in [6.45, 7) is 5.61. The van der Waals surface area contributed by atoms with Crippen LogP contribution in [0.5, 0.6) is 0 Å². The Morgan fingerprint density at radius 2 is 2.00 bits per heavy atom. The maximum absolute atomic E-state index is 10.6. The van der Waals surface area contributed by atoms with Crippen LogP contribution in [0.3, 0.4) is 0 Å². The Hall–Kier alpha value is -0.860. The summed E-state index contributed by atoms with van der Waals surface area (Å²) in [5, 5.41) is 2.58. The zero-order chi connectivity index (χ0) is 9.56. The molecule has 0 aromatic carbocycles. The lowest BCUT2D eigenvalue weighted by Gasteiger charge is -2.11. The average molecular weight is 171 g/mol. The largest absolute Gasteiger partial charge is 0.347 e. The van der Waals surface area contributed by atoms with Gasteiger partial charge in [0.25, 0.3) is 0 Å². The predicted molar refractivity (Wildman–Crippen MR) is 47.7 cm³/mol. The zero-order valence-electron chi connectivity index (χ0n) is 7.96. The van der Waals surface area contributed by atoms with Crippen LogP contribution in [0.4, 0.5) is 0 Å². The van der Waals surface area contributed by atoms with Gasteiger partial charge in [0, 0.05) is 6.92 Å². The van der Waals surface area contributed by atoms with Gasteiger partial charge in [-0.1, -0.05) is 13.8 Å². The lowest BCUT2D eigenvalue weighted by Crippen LogP contribution is -2.34. The summed E-state index contributed by atoms with van der Waals surface area (Å²) in [5.74, 6) is 0.428. The number of carbonyl (C=O) groups excluding carboxylic acids is 2. The van der Waals surface area contributed by atoms with Crippen molar-refractivity contribution < 1.29 is 9.59 Å². The van der Waals surface area contributed by atoms with E-state index in [0.717, 1.165) is 19.1 Å². The van der Waals surface area contributed by atoms with Gasteiger partial charge in [0.05, 0.1) is 6.04 Å². The Bertz CT molecular complexity index is 155. The predicted octanol–water partition coefficient (Wildman–Crippen LogP) is 1.13. The van der Waals surface area contributed by atoms with Gasteiger partial charge in [-0.05, 0) is 18.8 Å². The van der Waals surface area contributed by atoms with Crippen molar-refractivity contribution in [2.45, 2.75) is 39.7 Å². The van der Waals surface area contributed by atoms with Crippen LogP contribution in [0.2, 0.25) is 0 Å². The molecule has 0 aliphatic carbocycles. The normalized spacial score (nSPS) is 12.7. The number of nitrogens with one attached hydrogen (secondary N) is 1. The maximum atomic E-state index is 10.6. The van der Waals surface area contributed by atoms with E-state index in [4.69, 9.17) is 0 Å². The van der Waals surface area contributed by atoms with Gasteiger partial charge in [-0.15, -0.1) is 0 Å². The molecule has 3 heteroatoms. The quantitative estimate of drug-likeness (QED) is 0.630. The highest BCUT2D eigenvalue weighted by Gasteiger charge is 2.08. The molecule has 0 rings (SSSR count). The average Bonchev–Trinajstić information content (AvgIpc) is 1.97. The minimum atomic E-state index is -0.301. The van der Waals surface area contributed by atoms with E-state index in [-0.39, 0.29) is 11.9 Å². The molecule has 0 heterocycles. The molecule has 1 amide bonds. The number of hydrogen-bond acceptors (Lipinski definition) is 2. The highest BCUT2D eigenvalue weighted by atomic mass is 16.2. The summed E-state index contributed by atoms with van der Waals surface area (Å²) in [5.41, 5.74) is 0. The topological polar surface area (TPSA) is 46.2 Å². The fourth-order valence-electron chi connectivity index (χ4n) is 0.948. The molecule has 12 heavy (non-hydrogen) atoms. The van der Waals surface area contributed by atoms with Gasteiger partial charge in [-0.2, -0.15) is 0 Å². The molecule has 0 aromatic rings. The van der Waals surface area contributed by atoms with Gasteiger partial charge >= 0.3 is 0 Å². The number of aldehydes is 1. The third kappa shape index (κ3) is 5.89. The second-order valence-corrected chi connectivity index (χ2v) is 3.41. The van der Waals surface area contributed by atoms with Crippen LogP contribution in [0.25, 0.3) is 0 Å². The minimum Gasteiger partial charge on any atom is -0.347 e. The summed E-state index contributed by atoms with van der Waals surface area (Å²) in [6, 6.07) is -0.301. The Balaban J connectivity index is 3.67. The first-order valence-electron chi connectivity index (χ1n) is 4.28. The number of carbonyl (C=O) groups is 2. The van der Waals surface area contributed by atoms with Crippen molar-refractivity contribution in [3.8, 4) is 0 Å². The number of rotatable bonds is 5. The van der Waals surface area contributed by atoms with Crippen molar-refractivity contribution in [1.82, 2.24) is 5.32 Å². The third-order valence-electron chi connectivity index (χ3n) is 1.61. The summed E-state index contributed by atoms with van der Waals surface area (Å²) in [6.07, 6.45) is 2.49. The van der Waals surface area contributed by atoms with Gasteiger partial charge < -0.3 is 10.1 Å². The van der Waals surface area contributed by atoms with Crippen molar-refractivity contribution in [2.75, 3.05) is 0 Å². The highest BCUT2D eigenvalue weighted by molar-refractivity contribution is 5.77. The van der Waals surface area contributed by atoms with Crippen molar-refractivity contribution in [1.29, 1.82) is 0 Å². The molecule has 0 fully saturated rings. The van der Waals surface area contributed by atoms with Crippen molar-refractivity contribution in [3.05, 3.63) is 0 Å². The molecule has 3 nitrogen and oxygen atoms in total. The lowest BCUT2D eigenvalue weighted by molar-refractivity contribution is -0.122. The summed E-state index contributed by atoms with van der Waals surface area (Å²) in [7, 11) is 0. The Kier molecular flexibility index (Phi) is 5.34. The van der Waals surface area contributed by atoms with E-state index < -0.39 is 0 Å². The first kappa shape index (κ1) is 11.1. The van der Waals surface area contributed by atoms with Crippen LogP contribution in [0.15, 0.2) is 0 Å². The first-order valence-corrected chi connectivity index (χ1v) is 4.28. The van der Waals surface area contributed by atoms with Crippen LogP contribution in [-0.2, 0) is 9.59 Å². The molecule has 1 unspecified atom stereocenters. The summed E-state index contributed by atoms with van der Waals surface area (Å²) < 4.78 is 0. The zero-order valence-corrected chi connectivity index (χ0v) is 7.96. The SMILES string of the molecule is CC(=O)NC(C=O)CCC(C)C. The van der Waals surface area contributed by atoms with E-state index in [1.54, 1.807) is 0 Å². The maximum Gasteiger partial charge on any atom is 0.217 e. The standard InChI is InChI=1S/C9H17NO2/c1-7(2)4-5-9(6-11)10-8(3)12/h6-7,9H,4-5H2,1-3H3,(H,10,12). The molecule has 0 aliphatic heterocycles. The number of hydrogen-bond donors (Lipinski definition) is 1. The highest BCUT2D eigenvalue weighted by Crippen LogP contribution is 2.05. The first-order chi connectivity index (χ1) is 5.56. The monoisotopic (exact) mass is 171 g/mol. The van der Waals surface area contributed by atoms with Crippen LogP contribution < -0.4 is 5.32 Å². The van der Waals surface area contributed by atoms with Gasteiger partial charge in [0.2, 0.25) is 5.91 Å². The van der Waals surface area contributed by atoms with Crippen LogP contribution in [0, 0.1) is 5.92 Å². The molecular formula is C9H17NO2. The van der Waals surface area contributed by atoms with E-state index in [1.165, 1.54) is 6.92 Å². The molecule has 0 radical (unpaired) electrons. The minimum absolute atomic E-state index is 0.143. The fraction of sp³-hybridized carbons (Fsp3) is 0.778. The molecule has 0 saturated carbocycles. The molecule has 0 aromatic heterocycles. The molecule has 1 atom stereocenters. The molecule has 0 saturated heterocycles. The Morgan fingerprint density at radius 3 is 2.33 bits per heavy atom. The Labute approximate surface area is 73.5 Å². The second-order valence-electron chi connectivity index (χ2n) is 3.41. The molecular weight excluding hydrogens is 154 g/mol. The second kappa shape index (κ2) is 5.75. The van der Waals surface area contributed by atoms with E-state index in [2.05, 4.69) is 19.2 Å². The summed E-state index contributed by atoms with van der Waals surface area (Å²) in [4.78, 5) is 21.0. The molecule has 0 aliphatic rings. The smallest absolute Gasteiger partial charge is 0.217 e. The molecule has 70 valence electrons. The van der Waals surface area contributed by atoms with Gasteiger partial charge in [-0.25, -0.2) is 0 Å². The van der Waals surface area contributed by atoms with Crippen LogP contribution >= 0.6 is 0 Å². The van der Waals surface area contributed by atoms with E-state index in [0.29, 0.717) is 5.92 Å². The van der Waals surface area contributed by atoms with E-state index in [9.17, 15) is 9.59 Å². The van der Waals surface area contributed by atoms with Crippen molar-refractivity contribution in [2.24, 2.45) is 5.92 Å². The molecule has 1 N–H and O–H groups in total. The Morgan fingerprint density at radius 1 is 1.42 bits per heavy atom. The van der Waals surface area contributed by atoms with Gasteiger partial charge in [-0.3, -0.25) is 4.79 Å². The third-order valence-corrected chi connectivity index (χ3v) is 1.61. The fourth-order valence-corrected chi connectivity index (χ4v) is 0.948. The van der Waals surface area contributed by atoms with Crippen molar-refractivity contribution in [3.63, 3.8) is 0 Å². The lowest BCUT2D eigenvalue weighted by atomic mass is 10.0. The van der Waals surface area contributed by atoms with Crippen molar-refractivity contribution >= 4 is 12.2 Å².